The highest BCUT2D eigenvalue weighted by molar-refractivity contribution is 5.91. The van der Waals surface area contributed by atoms with Gasteiger partial charge in [0.15, 0.2) is 0 Å². The summed E-state index contributed by atoms with van der Waals surface area (Å²) >= 11 is 0. The molecule has 1 aliphatic heterocycles. The first-order chi connectivity index (χ1) is 12.4. The second kappa shape index (κ2) is 9.14. The number of aliphatic hydroxyl groups excluding tert-OH is 2. The number of rotatable bonds is 4. The van der Waals surface area contributed by atoms with Gasteiger partial charge in [-0.25, -0.2) is 9.59 Å². The molecule has 1 aliphatic carbocycles. The number of esters is 2. The van der Waals surface area contributed by atoms with Crippen molar-refractivity contribution in [2.75, 3.05) is 13.2 Å². The van der Waals surface area contributed by atoms with E-state index < -0.39 is 24.1 Å². The molecule has 4 atom stereocenters. The van der Waals surface area contributed by atoms with Crippen LogP contribution >= 0.6 is 0 Å². The van der Waals surface area contributed by atoms with Crippen LogP contribution in [0.3, 0.4) is 0 Å². The monoisotopic (exact) mass is 364 g/mol. The lowest BCUT2D eigenvalue weighted by Crippen LogP contribution is -2.33. The van der Waals surface area contributed by atoms with Crippen LogP contribution in [-0.4, -0.2) is 47.6 Å². The predicted octanol–water partition coefficient (Wildman–Crippen LogP) is 2.06. The zero-order valence-corrected chi connectivity index (χ0v) is 15.4. The third-order valence-electron chi connectivity index (χ3n) is 5.19. The molecule has 0 bridgehead atoms. The summed E-state index contributed by atoms with van der Waals surface area (Å²) < 4.78 is 10.8. The van der Waals surface area contributed by atoms with Crippen LogP contribution in [0.15, 0.2) is 35.5 Å². The highest BCUT2D eigenvalue weighted by atomic mass is 16.6. The van der Waals surface area contributed by atoms with Crippen molar-refractivity contribution in [1.82, 2.24) is 0 Å². The minimum Gasteiger partial charge on any atom is -0.462 e. The minimum atomic E-state index is -0.844. The van der Waals surface area contributed by atoms with Crippen LogP contribution in [0.4, 0.5) is 0 Å². The highest BCUT2D eigenvalue weighted by Crippen LogP contribution is 2.37. The minimum absolute atomic E-state index is 0.0173. The first-order valence-electron chi connectivity index (χ1n) is 9.04. The van der Waals surface area contributed by atoms with E-state index in [9.17, 15) is 19.8 Å². The number of hydrogen-bond acceptors (Lipinski definition) is 6. The molecule has 2 N–H and O–H groups in total. The summed E-state index contributed by atoms with van der Waals surface area (Å²) in [4.78, 5) is 23.8. The Morgan fingerprint density at radius 2 is 2.23 bits per heavy atom. The number of carbonyl (C=O) groups excluding carboxylic acids is 2. The zero-order valence-electron chi connectivity index (χ0n) is 15.4. The Morgan fingerprint density at radius 3 is 2.88 bits per heavy atom. The van der Waals surface area contributed by atoms with Crippen molar-refractivity contribution in [2.45, 2.75) is 51.7 Å². The summed E-state index contributed by atoms with van der Waals surface area (Å²) in [6.07, 6.45) is 4.48. The van der Waals surface area contributed by atoms with Gasteiger partial charge in [-0.1, -0.05) is 18.7 Å². The summed E-state index contributed by atoms with van der Waals surface area (Å²) in [7, 11) is 0. The maximum Gasteiger partial charge on any atom is 0.334 e. The molecule has 2 aliphatic rings. The lowest BCUT2D eigenvalue weighted by Gasteiger charge is -2.28. The fourth-order valence-electron chi connectivity index (χ4n) is 3.48. The average molecular weight is 364 g/mol. The molecule has 0 spiro atoms. The van der Waals surface area contributed by atoms with Gasteiger partial charge in [-0.15, -0.1) is 0 Å². The molecular formula is C20H28O6. The van der Waals surface area contributed by atoms with Crippen LogP contribution in [-0.2, 0) is 19.1 Å². The molecule has 6 heteroatoms. The average Bonchev–Trinajstić information content (AvgIpc) is 2.90. The molecule has 1 fully saturated rings. The van der Waals surface area contributed by atoms with Crippen molar-refractivity contribution >= 4 is 11.9 Å². The maximum atomic E-state index is 11.9. The molecule has 26 heavy (non-hydrogen) atoms. The summed E-state index contributed by atoms with van der Waals surface area (Å²) in [6.45, 7) is 7.32. The van der Waals surface area contributed by atoms with E-state index in [1.807, 2.05) is 6.08 Å². The number of ether oxygens (including phenoxy) is 2. The van der Waals surface area contributed by atoms with Crippen molar-refractivity contribution in [1.29, 1.82) is 0 Å². The molecule has 0 aromatic heterocycles. The largest absolute Gasteiger partial charge is 0.462 e. The van der Waals surface area contributed by atoms with Gasteiger partial charge < -0.3 is 19.7 Å². The van der Waals surface area contributed by atoms with E-state index in [1.54, 1.807) is 19.9 Å². The number of allylic oxidation sites excluding steroid dienone is 2. The number of fused-ring (bicyclic) bond motifs is 1. The van der Waals surface area contributed by atoms with Crippen LogP contribution in [0.25, 0.3) is 0 Å². The van der Waals surface area contributed by atoms with Gasteiger partial charge in [0.1, 0.15) is 6.10 Å². The van der Waals surface area contributed by atoms with Crippen molar-refractivity contribution in [3.63, 3.8) is 0 Å². The Labute approximate surface area is 154 Å². The Bertz CT molecular complexity index is 618. The summed E-state index contributed by atoms with van der Waals surface area (Å²) in [5, 5.41) is 20.1. The van der Waals surface area contributed by atoms with Gasteiger partial charge in [0.25, 0.3) is 0 Å². The van der Waals surface area contributed by atoms with Crippen molar-refractivity contribution in [2.24, 2.45) is 11.8 Å². The topological polar surface area (TPSA) is 93.1 Å². The molecule has 0 aromatic carbocycles. The first kappa shape index (κ1) is 20.4. The fraction of sp³-hybridized carbons (Fsp3) is 0.600. The van der Waals surface area contributed by atoms with Gasteiger partial charge >= 0.3 is 11.9 Å². The third-order valence-corrected chi connectivity index (χ3v) is 5.19. The van der Waals surface area contributed by atoms with Crippen molar-refractivity contribution in [3.8, 4) is 0 Å². The van der Waals surface area contributed by atoms with E-state index >= 15 is 0 Å². The van der Waals surface area contributed by atoms with Crippen LogP contribution in [0.1, 0.15) is 39.5 Å². The second-order valence-electron chi connectivity index (χ2n) is 7.04. The predicted molar refractivity (Wildman–Crippen MR) is 96.0 cm³/mol. The van der Waals surface area contributed by atoms with E-state index in [-0.39, 0.29) is 37.1 Å². The number of hydrogen-bond donors (Lipinski definition) is 2. The second-order valence-corrected chi connectivity index (χ2v) is 7.04. The summed E-state index contributed by atoms with van der Waals surface area (Å²) in [5.74, 6) is -1.38. The van der Waals surface area contributed by atoms with Gasteiger partial charge in [-0.3, -0.25) is 0 Å². The molecule has 0 saturated carbocycles. The molecule has 0 aromatic rings. The van der Waals surface area contributed by atoms with Crippen LogP contribution in [0, 0.1) is 11.8 Å². The van der Waals surface area contributed by atoms with Crippen molar-refractivity contribution < 1.29 is 29.3 Å². The van der Waals surface area contributed by atoms with Gasteiger partial charge in [0.05, 0.1) is 25.2 Å². The van der Waals surface area contributed by atoms with Crippen LogP contribution in [0.2, 0.25) is 0 Å². The first-order valence-corrected chi connectivity index (χ1v) is 9.04. The number of carbonyl (C=O) groups is 2. The molecular weight excluding hydrogens is 336 g/mol. The Morgan fingerprint density at radius 1 is 1.50 bits per heavy atom. The SMILES string of the molecule is C=C1C(=O)O[C@@H]2CC(COC(=O)/C(C)=C\C)CC/C=C(/CO)C[C@@H](O)[C@@H]12. The van der Waals surface area contributed by atoms with E-state index in [0.29, 0.717) is 18.4 Å². The molecule has 1 heterocycles. The molecule has 2 rings (SSSR count). The van der Waals surface area contributed by atoms with Crippen LogP contribution in [0.5, 0.6) is 0 Å². The van der Waals surface area contributed by atoms with Gasteiger partial charge in [-0.2, -0.15) is 0 Å². The molecule has 0 radical (unpaired) electrons. The normalized spacial score (nSPS) is 32.3. The molecule has 1 unspecified atom stereocenters. The third kappa shape index (κ3) is 4.83. The standard InChI is InChI=1S/C20H28O6/c1-4-12(2)19(23)25-11-15-7-5-6-14(10-21)8-16(22)18-13(3)20(24)26-17(18)9-15/h4,6,15-18,21-22H,3,5,7-11H2,1-2H3/b12-4-,14-6+/t15?,16-,17-,18-/m1/s1. The van der Waals surface area contributed by atoms with E-state index in [1.165, 1.54) is 0 Å². The zero-order chi connectivity index (χ0) is 19.3. The Hall–Kier alpha value is -1.92. The van der Waals surface area contributed by atoms with Gasteiger partial charge in [0, 0.05) is 11.1 Å². The lowest BCUT2D eigenvalue weighted by atomic mass is 9.82. The highest BCUT2D eigenvalue weighted by Gasteiger charge is 2.44. The number of aliphatic hydroxyl groups is 2. The Kier molecular flexibility index (Phi) is 7.17. The fourth-order valence-corrected chi connectivity index (χ4v) is 3.48. The molecule has 6 nitrogen and oxygen atoms in total. The Balaban J connectivity index is 2.16. The van der Waals surface area contributed by atoms with Crippen molar-refractivity contribution in [3.05, 3.63) is 35.5 Å². The van der Waals surface area contributed by atoms with Crippen LogP contribution < -0.4 is 0 Å². The molecule has 1 saturated heterocycles. The summed E-state index contributed by atoms with van der Waals surface area (Å²) in [6, 6.07) is 0. The lowest BCUT2D eigenvalue weighted by molar-refractivity contribution is -0.144. The van der Waals surface area contributed by atoms with E-state index in [4.69, 9.17) is 9.47 Å². The smallest absolute Gasteiger partial charge is 0.334 e. The van der Waals surface area contributed by atoms with E-state index in [2.05, 4.69) is 6.58 Å². The summed E-state index contributed by atoms with van der Waals surface area (Å²) in [5.41, 5.74) is 1.54. The van der Waals surface area contributed by atoms with Gasteiger partial charge in [0.2, 0.25) is 0 Å². The molecule has 144 valence electrons. The van der Waals surface area contributed by atoms with E-state index in [0.717, 1.165) is 12.0 Å². The maximum absolute atomic E-state index is 11.9. The quantitative estimate of drug-likeness (QED) is 0.451. The van der Waals surface area contributed by atoms with Gasteiger partial charge in [-0.05, 0) is 51.0 Å². The molecule has 0 amide bonds.